The van der Waals surface area contributed by atoms with Crippen molar-refractivity contribution in [2.45, 2.75) is 64.6 Å². The predicted octanol–water partition coefficient (Wildman–Crippen LogP) is 1.87. The molecule has 2 heterocycles. The molecule has 0 radical (unpaired) electrons. The zero-order valence-corrected chi connectivity index (χ0v) is 10.8. The van der Waals surface area contributed by atoms with Gasteiger partial charge in [0.15, 0.2) is 0 Å². The van der Waals surface area contributed by atoms with Crippen LogP contribution in [0.15, 0.2) is 0 Å². The first-order chi connectivity index (χ1) is 7.61. The molecule has 2 rings (SSSR count). The average molecular weight is 224 g/mol. The van der Waals surface area contributed by atoms with E-state index in [4.69, 9.17) is 0 Å². The van der Waals surface area contributed by atoms with Crippen LogP contribution in [0.4, 0.5) is 0 Å². The predicted molar refractivity (Wildman–Crippen MR) is 65.3 cm³/mol. The summed E-state index contributed by atoms with van der Waals surface area (Å²) in [4.78, 5) is 16.8. The molecule has 0 spiro atoms. The third kappa shape index (κ3) is 2.10. The average Bonchev–Trinajstić information content (AvgIpc) is 2.87. The molecule has 0 saturated carbocycles. The van der Waals surface area contributed by atoms with Crippen molar-refractivity contribution in [1.82, 2.24) is 9.80 Å². The smallest absolute Gasteiger partial charge is 0.239 e. The topological polar surface area (TPSA) is 23.6 Å². The Labute approximate surface area is 98.8 Å². The molecule has 2 aliphatic heterocycles. The second-order valence-corrected chi connectivity index (χ2v) is 5.43. The molecule has 3 atom stereocenters. The Morgan fingerprint density at radius 3 is 2.12 bits per heavy atom. The van der Waals surface area contributed by atoms with E-state index in [9.17, 15) is 4.79 Å². The van der Waals surface area contributed by atoms with Gasteiger partial charge in [0.25, 0.3) is 0 Å². The maximum atomic E-state index is 12.3. The summed E-state index contributed by atoms with van der Waals surface area (Å²) in [5, 5.41) is 0. The summed E-state index contributed by atoms with van der Waals surface area (Å²) in [5.74, 6) is 0.345. The Balaban J connectivity index is 2.00. The molecule has 0 bridgehead atoms. The minimum Gasteiger partial charge on any atom is -0.341 e. The van der Waals surface area contributed by atoms with E-state index in [1.807, 2.05) is 4.90 Å². The van der Waals surface area contributed by atoms with Crippen LogP contribution in [0.2, 0.25) is 0 Å². The lowest BCUT2D eigenvalue weighted by Crippen LogP contribution is -2.49. The molecular formula is C13H24N2O. The summed E-state index contributed by atoms with van der Waals surface area (Å²) >= 11 is 0. The van der Waals surface area contributed by atoms with Gasteiger partial charge >= 0.3 is 0 Å². The van der Waals surface area contributed by atoms with Crippen molar-refractivity contribution < 1.29 is 4.79 Å². The molecule has 3 nitrogen and oxygen atoms in total. The molecule has 16 heavy (non-hydrogen) atoms. The number of carbonyl (C=O) groups is 1. The lowest BCUT2D eigenvalue weighted by atomic mass is 10.2. The van der Waals surface area contributed by atoms with Crippen molar-refractivity contribution in [3.8, 4) is 0 Å². The highest BCUT2D eigenvalue weighted by Crippen LogP contribution is 2.27. The zero-order valence-electron chi connectivity index (χ0n) is 10.8. The number of hydrogen-bond acceptors (Lipinski definition) is 2. The van der Waals surface area contributed by atoms with Gasteiger partial charge in [0.1, 0.15) is 0 Å². The monoisotopic (exact) mass is 224 g/mol. The maximum Gasteiger partial charge on any atom is 0.239 e. The summed E-state index contributed by atoms with van der Waals surface area (Å²) in [6.07, 6.45) is 4.84. The van der Waals surface area contributed by atoms with E-state index in [2.05, 4.69) is 25.7 Å². The number of amides is 1. The molecule has 0 N–H and O–H groups in total. The van der Waals surface area contributed by atoms with Gasteiger partial charge in [0.05, 0.1) is 6.04 Å². The van der Waals surface area contributed by atoms with Crippen molar-refractivity contribution in [2.75, 3.05) is 13.1 Å². The van der Waals surface area contributed by atoms with Crippen LogP contribution in [0.3, 0.4) is 0 Å². The van der Waals surface area contributed by atoms with Gasteiger partial charge < -0.3 is 4.90 Å². The molecule has 92 valence electrons. The summed E-state index contributed by atoms with van der Waals surface area (Å²) in [7, 11) is 0. The fourth-order valence-electron chi connectivity index (χ4n) is 3.31. The highest BCUT2D eigenvalue weighted by Gasteiger charge is 2.36. The van der Waals surface area contributed by atoms with Gasteiger partial charge in [0.2, 0.25) is 5.91 Å². The first kappa shape index (κ1) is 11.9. The lowest BCUT2D eigenvalue weighted by Gasteiger charge is -2.33. The Kier molecular flexibility index (Phi) is 3.53. The first-order valence-corrected chi connectivity index (χ1v) is 6.67. The molecule has 0 aromatic heterocycles. The Hall–Kier alpha value is -0.570. The van der Waals surface area contributed by atoms with Crippen molar-refractivity contribution in [1.29, 1.82) is 0 Å². The van der Waals surface area contributed by atoms with E-state index in [1.54, 1.807) is 0 Å². The first-order valence-electron chi connectivity index (χ1n) is 6.67. The largest absolute Gasteiger partial charge is 0.341 e. The van der Waals surface area contributed by atoms with Gasteiger partial charge in [0, 0.05) is 25.2 Å². The second kappa shape index (κ2) is 4.74. The number of nitrogens with zero attached hydrogens (tertiary/aromatic N) is 2. The van der Waals surface area contributed by atoms with E-state index in [1.165, 1.54) is 25.7 Å². The number of hydrogen-bond donors (Lipinski definition) is 0. The molecule has 2 aliphatic rings. The summed E-state index contributed by atoms with van der Waals surface area (Å²) in [5.41, 5.74) is 0. The fraction of sp³-hybridized carbons (Fsp3) is 0.923. The third-order valence-corrected chi connectivity index (χ3v) is 4.24. The van der Waals surface area contributed by atoms with E-state index >= 15 is 0 Å². The minimum absolute atomic E-state index is 0.0746. The standard InChI is InChI=1S/C13H24N2O/c1-10-6-7-11(2)15(10)12(3)13(16)14-8-4-5-9-14/h10-12H,4-9H2,1-3H3. The van der Waals surface area contributed by atoms with Crippen molar-refractivity contribution >= 4 is 5.91 Å². The summed E-state index contributed by atoms with van der Waals surface area (Å²) < 4.78 is 0. The van der Waals surface area contributed by atoms with Gasteiger partial charge in [-0.2, -0.15) is 0 Å². The van der Waals surface area contributed by atoms with E-state index < -0.39 is 0 Å². The van der Waals surface area contributed by atoms with E-state index in [-0.39, 0.29) is 6.04 Å². The summed E-state index contributed by atoms with van der Waals surface area (Å²) in [6, 6.07) is 1.21. The molecule has 0 aliphatic carbocycles. The molecule has 0 aromatic carbocycles. The normalized spacial score (nSPS) is 33.3. The van der Waals surface area contributed by atoms with Gasteiger partial charge in [-0.15, -0.1) is 0 Å². The van der Waals surface area contributed by atoms with Crippen LogP contribution in [0.1, 0.15) is 46.5 Å². The number of rotatable bonds is 2. The van der Waals surface area contributed by atoms with Crippen LogP contribution in [0.25, 0.3) is 0 Å². The highest BCUT2D eigenvalue weighted by atomic mass is 16.2. The van der Waals surface area contributed by atoms with Gasteiger partial charge in [-0.05, 0) is 46.5 Å². The Morgan fingerprint density at radius 2 is 1.62 bits per heavy atom. The maximum absolute atomic E-state index is 12.3. The van der Waals surface area contributed by atoms with Crippen LogP contribution in [0, 0.1) is 0 Å². The van der Waals surface area contributed by atoms with Gasteiger partial charge in [-0.1, -0.05) is 0 Å². The highest BCUT2D eigenvalue weighted by molar-refractivity contribution is 5.81. The molecule has 2 fully saturated rings. The SMILES string of the molecule is CC1CCC(C)N1C(C)C(=O)N1CCCC1. The summed E-state index contributed by atoms with van der Waals surface area (Å²) in [6.45, 7) is 8.52. The van der Waals surface area contributed by atoms with Crippen molar-refractivity contribution in [2.24, 2.45) is 0 Å². The number of carbonyl (C=O) groups excluding carboxylic acids is 1. The zero-order chi connectivity index (χ0) is 11.7. The van der Waals surface area contributed by atoms with Crippen LogP contribution in [-0.4, -0.2) is 46.9 Å². The molecular weight excluding hydrogens is 200 g/mol. The molecule has 2 saturated heterocycles. The van der Waals surface area contributed by atoms with E-state index in [0.29, 0.717) is 18.0 Å². The fourth-order valence-corrected chi connectivity index (χ4v) is 3.31. The minimum atomic E-state index is 0.0746. The van der Waals surface area contributed by atoms with Crippen LogP contribution in [0.5, 0.6) is 0 Å². The second-order valence-electron chi connectivity index (χ2n) is 5.43. The van der Waals surface area contributed by atoms with Gasteiger partial charge in [-0.25, -0.2) is 0 Å². The van der Waals surface area contributed by atoms with Crippen molar-refractivity contribution in [3.05, 3.63) is 0 Å². The molecule has 3 unspecified atom stereocenters. The van der Waals surface area contributed by atoms with Crippen LogP contribution < -0.4 is 0 Å². The van der Waals surface area contributed by atoms with Crippen LogP contribution >= 0.6 is 0 Å². The molecule has 0 aromatic rings. The molecule has 1 amide bonds. The van der Waals surface area contributed by atoms with Crippen molar-refractivity contribution in [3.63, 3.8) is 0 Å². The molecule has 3 heteroatoms. The quantitative estimate of drug-likeness (QED) is 0.715. The third-order valence-electron chi connectivity index (χ3n) is 4.24. The number of likely N-dealkylation sites (tertiary alicyclic amines) is 2. The van der Waals surface area contributed by atoms with Gasteiger partial charge in [-0.3, -0.25) is 9.69 Å². The Morgan fingerprint density at radius 1 is 1.12 bits per heavy atom. The Bertz CT molecular complexity index is 251. The van der Waals surface area contributed by atoms with E-state index in [0.717, 1.165) is 13.1 Å². The van der Waals surface area contributed by atoms with Crippen LogP contribution in [-0.2, 0) is 4.79 Å². The lowest BCUT2D eigenvalue weighted by molar-refractivity contribution is -0.136.